The van der Waals surface area contributed by atoms with Crippen LogP contribution < -0.4 is 5.73 Å². The molecule has 1 fully saturated rings. The van der Waals surface area contributed by atoms with Crippen molar-refractivity contribution in [2.75, 3.05) is 0 Å². The predicted octanol–water partition coefficient (Wildman–Crippen LogP) is 2.94. The van der Waals surface area contributed by atoms with Crippen molar-refractivity contribution in [1.29, 1.82) is 0 Å². The maximum Gasteiger partial charge on any atom is 0.252 e. The van der Waals surface area contributed by atoms with E-state index in [1.807, 2.05) is 0 Å². The molecule has 0 amide bonds. The van der Waals surface area contributed by atoms with E-state index < -0.39 is 17.9 Å². The van der Waals surface area contributed by atoms with Gasteiger partial charge in [-0.25, -0.2) is 8.78 Å². The quantitative estimate of drug-likeness (QED) is 0.729. The van der Waals surface area contributed by atoms with Gasteiger partial charge in [-0.3, -0.25) is 0 Å². The third-order valence-electron chi connectivity index (χ3n) is 2.80. The second kappa shape index (κ2) is 4.36. The van der Waals surface area contributed by atoms with E-state index in [4.69, 9.17) is 5.73 Å². The van der Waals surface area contributed by atoms with E-state index in [1.165, 1.54) is 0 Å². The summed E-state index contributed by atoms with van der Waals surface area (Å²) >= 11 is 0. The Hall–Kier alpha value is -0.180. The lowest BCUT2D eigenvalue weighted by Gasteiger charge is -2.30. The molecule has 0 aliphatic heterocycles. The fourth-order valence-electron chi connectivity index (χ4n) is 2.12. The van der Waals surface area contributed by atoms with Crippen molar-refractivity contribution in [2.45, 2.75) is 57.4 Å². The number of hydrogen-bond donors (Lipinski definition) is 1. The summed E-state index contributed by atoms with van der Waals surface area (Å²) in [7, 11) is 0. The molecule has 13 heavy (non-hydrogen) atoms. The molecule has 2 N–H and O–H groups in total. The highest BCUT2D eigenvalue weighted by Crippen LogP contribution is 2.38. The van der Waals surface area contributed by atoms with Gasteiger partial charge in [0.05, 0.1) is 0 Å². The van der Waals surface area contributed by atoms with Crippen molar-refractivity contribution in [3.05, 3.63) is 0 Å². The number of hydrogen-bond acceptors (Lipinski definition) is 1. The fraction of sp³-hybridized carbons (Fsp3) is 1.00. The molecule has 3 heteroatoms. The van der Waals surface area contributed by atoms with Gasteiger partial charge in [-0.2, -0.15) is 0 Å². The molecule has 1 aliphatic rings. The zero-order valence-electron chi connectivity index (χ0n) is 8.23. The Kier molecular flexibility index (Phi) is 3.65. The Morgan fingerprint density at radius 2 is 1.85 bits per heavy atom. The highest BCUT2D eigenvalue weighted by molar-refractivity contribution is 4.82. The van der Waals surface area contributed by atoms with Crippen LogP contribution in [0.25, 0.3) is 0 Å². The van der Waals surface area contributed by atoms with Gasteiger partial charge < -0.3 is 5.73 Å². The molecule has 0 aromatic heterocycles. The fourth-order valence-corrected chi connectivity index (χ4v) is 2.12. The van der Waals surface area contributed by atoms with E-state index in [1.54, 1.807) is 6.92 Å². The standard InChI is InChI=1S/C10H19F2N/c1-8(13)7-10(11,12)9-5-3-2-4-6-9/h8-9H,2-7,13H2,1H3. The molecule has 1 saturated carbocycles. The van der Waals surface area contributed by atoms with Crippen molar-refractivity contribution in [3.8, 4) is 0 Å². The summed E-state index contributed by atoms with van der Waals surface area (Å²) in [5.41, 5.74) is 5.41. The first-order valence-electron chi connectivity index (χ1n) is 5.16. The first-order chi connectivity index (χ1) is 6.02. The molecule has 0 bridgehead atoms. The van der Waals surface area contributed by atoms with Gasteiger partial charge in [0, 0.05) is 18.4 Å². The Bertz CT molecular complexity index is 151. The van der Waals surface area contributed by atoms with Crippen molar-refractivity contribution in [3.63, 3.8) is 0 Å². The minimum Gasteiger partial charge on any atom is -0.328 e. The Morgan fingerprint density at radius 1 is 1.31 bits per heavy atom. The smallest absolute Gasteiger partial charge is 0.252 e. The number of nitrogens with two attached hydrogens (primary N) is 1. The average Bonchev–Trinajstić information content (AvgIpc) is 2.04. The summed E-state index contributed by atoms with van der Waals surface area (Å²) < 4.78 is 27.0. The van der Waals surface area contributed by atoms with Gasteiger partial charge in [-0.1, -0.05) is 19.3 Å². The Morgan fingerprint density at radius 3 is 2.31 bits per heavy atom. The molecule has 0 aromatic carbocycles. The largest absolute Gasteiger partial charge is 0.328 e. The summed E-state index contributed by atoms with van der Waals surface area (Å²) in [5, 5.41) is 0. The van der Waals surface area contributed by atoms with Gasteiger partial charge in [0.2, 0.25) is 0 Å². The van der Waals surface area contributed by atoms with E-state index >= 15 is 0 Å². The Labute approximate surface area is 78.7 Å². The summed E-state index contributed by atoms with van der Waals surface area (Å²) in [5.74, 6) is -2.94. The molecule has 0 spiro atoms. The first-order valence-corrected chi connectivity index (χ1v) is 5.16. The topological polar surface area (TPSA) is 26.0 Å². The van der Waals surface area contributed by atoms with Gasteiger partial charge in [0.15, 0.2) is 0 Å². The van der Waals surface area contributed by atoms with Crippen molar-refractivity contribution in [1.82, 2.24) is 0 Å². The van der Waals surface area contributed by atoms with Crippen LogP contribution in [0.4, 0.5) is 8.78 Å². The molecule has 1 aliphatic carbocycles. The van der Waals surface area contributed by atoms with E-state index in [2.05, 4.69) is 0 Å². The number of rotatable bonds is 3. The predicted molar refractivity (Wildman–Crippen MR) is 49.8 cm³/mol. The van der Waals surface area contributed by atoms with E-state index in [0.717, 1.165) is 19.3 Å². The van der Waals surface area contributed by atoms with Crippen molar-refractivity contribution >= 4 is 0 Å². The summed E-state index contributed by atoms with van der Waals surface area (Å²) in [4.78, 5) is 0. The van der Waals surface area contributed by atoms with Crippen molar-refractivity contribution < 1.29 is 8.78 Å². The first kappa shape index (κ1) is 10.9. The molecule has 0 saturated heterocycles. The molecule has 0 aromatic rings. The highest BCUT2D eigenvalue weighted by atomic mass is 19.3. The van der Waals surface area contributed by atoms with Crippen LogP contribution in [-0.2, 0) is 0 Å². The minimum absolute atomic E-state index is 0.155. The lowest BCUT2D eigenvalue weighted by Crippen LogP contribution is -2.35. The SMILES string of the molecule is CC(N)CC(F)(F)C1CCCCC1. The molecule has 1 nitrogen and oxygen atoms in total. The van der Waals surface area contributed by atoms with Crippen LogP contribution in [0.1, 0.15) is 45.4 Å². The van der Waals surface area contributed by atoms with Crippen LogP contribution in [-0.4, -0.2) is 12.0 Å². The molecular formula is C10H19F2N. The lowest BCUT2D eigenvalue weighted by molar-refractivity contribution is -0.0805. The average molecular weight is 191 g/mol. The zero-order chi connectivity index (χ0) is 9.90. The van der Waals surface area contributed by atoms with Crippen molar-refractivity contribution in [2.24, 2.45) is 11.7 Å². The molecular weight excluding hydrogens is 172 g/mol. The normalized spacial score (nSPS) is 23.1. The zero-order valence-corrected chi connectivity index (χ0v) is 8.23. The highest BCUT2D eigenvalue weighted by Gasteiger charge is 2.39. The van der Waals surface area contributed by atoms with Crippen LogP contribution in [0.2, 0.25) is 0 Å². The van der Waals surface area contributed by atoms with E-state index in [-0.39, 0.29) is 6.42 Å². The van der Waals surface area contributed by atoms with E-state index in [9.17, 15) is 8.78 Å². The van der Waals surface area contributed by atoms with Crippen LogP contribution >= 0.6 is 0 Å². The minimum atomic E-state index is -2.53. The maximum atomic E-state index is 13.5. The molecule has 1 atom stereocenters. The van der Waals surface area contributed by atoms with Gasteiger partial charge in [-0.05, 0) is 19.8 Å². The molecule has 78 valence electrons. The molecule has 1 rings (SSSR count). The van der Waals surface area contributed by atoms with Crippen LogP contribution in [0, 0.1) is 5.92 Å². The summed E-state index contributed by atoms with van der Waals surface area (Å²) in [6.07, 6.45) is 4.24. The second-order valence-corrected chi connectivity index (χ2v) is 4.28. The van der Waals surface area contributed by atoms with Gasteiger partial charge in [0.1, 0.15) is 0 Å². The van der Waals surface area contributed by atoms with Crippen LogP contribution in [0.5, 0.6) is 0 Å². The number of halogens is 2. The van der Waals surface area contributed by atoms with Gasteiger partial charge in [0.25, 0.3) is 5.92 Å². The van der Waals surface area contributed by atoms with Gasteiger partial charge >= 0.3 is 0 Å². The number of alkyl halides is 2. The van der Waals surface area contributed by atoms with Crippen LogP contribution in [0.3, 0.4) is 0 Å². The van der Waals surface area contributed by atoms with Gasteiger partial charge in [-0.15, -0.1) is 0 Å². The second-order valence-electron chi connectivity index (χ2n) is 4.28. The summed E-state index contributed by atoms with van der Waals surface area (Å²) in [6, 6.07) is -0.392. The lowest BCUT2D eigenvalue weighted by atomic mass is 9.82. The van der Waals surface area contributed by atoms with Crippen LogP contribution in [0.15, 0.2) is 0 Å². The third-order valence-corrected chi connectivity index (χ3v) is 2.80. The molecule has 1 unspecified atom stereocenters. The van der Waals surface area contributed by atoms with E-state index in [0.29, 0.717) is 12.8 Å². The monoisotopic (exact) mass is 191 g/mol. The summed E-state index contributed by atoms with van der Waals surface area (Å²) in [6.45, 7) is 1.65. The molecule has 0 radical (unpaired) electrons. The maximum absolute atomic E-state index is 13.5. The third kappa shape index (κ3) is 3.22. The Balaban J connectivity index is 2.45. The molecule has 0 heterocycles.